The summed E-state index contributed by atoms with van der Waals surface area (Å²) in [5, 5.41) is 2.57. The molecule has 0 heterocycles. The number of methoxy groups -OCH3 is 2. The standard InChI is InChI=1S/C30H32NO4P/c1-34-29(32)28(30(33)35-2)24-18-20-25(21-19-24)31(22-23-12-6-3-7-13-23)36(26-14-8-4-9-15-26)27-16-10-5-11-17-27/h3-18,20,24-25,28H,19,21-22H2,1-2H3/t24-,25-/m0/s1. The average Bonchev–Trinajstić information content (AvgIpc) is 2.94. The lowest BCUT2D eigenvalue weighted by atomic mass is 9.83. The summed E-state index contributed by atoms with van der Waals surface area (Å²) < 4.78 is 12.4. The summed E-state index contributed by atoms with van der Waals surface area (Å²) in [5.74, 6) is -2.29. The topological polar surface area (TPSA) is 55.8 Å². The van der Waals surface area contributed by atoms with E-state index in [2.05, 4.69) is 95.7 Å². The summed E-state index contributed by atoms with van der Waals surface area (Å²) in [6, 6.07) is 32.0. The van der Waals surface area contributed by atoms with Crippen molar-refractivity contribution in [2.45, 2.75) is 25.4 Å². The maximum Gasteiger partial charge on any atom is 0.320 e. The Morgan fingerprint density at radius 3 is 1.72 bits per heavy atom. The fourth-order valence-electron chi connectivity index (χ4n) is 4.74. The number of nitrogens with zero attached hydrogens (tertiary/aromatic N) is 1. The molecule has 0 N–H and O–H groups in total. The van der Waals surface area contributed by atoms with Gasteiger partial charge in [0.05, 0.1) is 14.2 Å². The highest BCUT2D eigenvalue weighted by Gasteiger charge is 2.38. The van der Waals surface area contributed by atoms with Gasteiger partial charge in [-0.15, -0.1) is 0 Å². The van der Waals surface area contributed by atoms with Crippen LogP contribution in [0.1, 0.15) is 18.4 Å². The molecule has 0 spiro atoms. The smallest absolute Gasteiger partial charge is 0.320 e. The van der Waals surface area contributed by atoms with Crippen LogP contribution in [0.4, 0.5) is 0 Å². The Hall–Kier alpha value is -3.27. The average molecular weight is 502 g/mol. The molecule has 6 heteroatoms. The summed E-state index contributed by atoms with van der Waals surface area (Å²) in [6.45, 7) is 0.785. The summed E-state index contributed by atoms with van der Waals surface area (Å²) in [6.07, 6.45) is 5.68. The van der Waals surface area contributed by atoms with Gasteiger partial charge in [-0.05, 0) is 29.0 Å². The lowest BCUT2D eigenvalue weighted by Gasteiger charge is -2.40. The van der Waals surface area contributed by atoms with Crippen LogP contribution < -0.4 is 10.6 Å². The summed E-state index contributed by atoms with van der Waals surface area (Å²) in [7, 11) is 1.79. The molecule has 3 aromatic carbocycles. The first-order valence-corrected chi connectivity index (χ1v) is 13.5. The molecule has 4 rings (SSSR count). The third kappa shape index (κ3) is 6.10. The van der Waals surface area contributed by atoms with Gasteiger partial charge in [0.2, 0.25) is 0 Å². The number of rotatable bonds is 9. The summed E-state index contributed by atoms with van der Waals surface area (Å²) in [4.78, 5) is 24.8. The zero-order chi connectivity index (χ0) is 25.3. The van der Waals surface area contributed by atoms with Crippen LogP contribution in [-0.4, -0.2) is 36.9 Å². The number of allylic oxidation sites excluding steroid dienone is 1. The quantitative estimate of drug-likeness (QED) is 0.182. The number of esters is 2. The Kier molecular flexibility index (Phi) is 9.05. The predicted molar refractivity (Wildman–Crippen MR) is 144 cm³/mol. The molecule has 2 atom stereocenters. The first-order valence-electron chi connectivity index (χ1n) is 12.2. The molecular formula is C30H32NO4P. The number of ether oxygens (including phenoxy) is 2. The molecule has 0 unspecified atom stereocenters. The van der Waals surface area contributed by atoms with Crippen molar-refractivity contribution in [1.82, 2.24) is 4.67 Å². The van der Waals surface area contributed by atoms with Gasteiger partial charge in [0.1, 0.15) is 0 Å². The molecule has 0 fully saturated rings. The molecule has 1 aliphatic carbocycles. The van der Waals surface area contributed by atoms with E-state index in [-0.39, 0.29) is 12.0 Å². The van der Waals surface area contributed by atoms with Gasteiger partial charge in [0, 0.05) is 26.6 Å². The molecule has 36 heavy (non-hydrogen) atoms. The van der Waals surface area contributed by atoms with Crippen LogP contribution in [0.3, 0.4) is 0 Å². The molecule has 1 aliphatic rings. The maximum absolute atomic E-state index is 12.4. The molecule has 0 aromatic heterocycles. The molecule has 3 aromatic rings. The number of benzene rings is 3. The molecule has 0 amide bonds. The minimum atomic E-state index is -0.940. The summed E-state index contributed by atoms with van der Waals surface area (Å²) in [5.41, 5.74) is 1.24. The lowest BCUT2D eigenvalue weighted by molar-refractivity contribution is -0.160. The van der Waals surface area contributed by atoms with Gasteiger partial charge in [-0.1, -0.05) is 103 Å². The number of hydrogen-bond donors (Lipinski definition) is 0. The second kappa shape index (κ2) is 12.6. The highest BCUT2D eigenvalue weighted by atomic mass is 31.1. The van der Waals surface area contributed by atoms with Crippen LogP contribution in [0.2, 0.25) is 0 Å². The van der Waals surface area contributed by atoms with E-state index >= 15 is 0 Å². The Morgan fingerprint density at radius 2 is 1.28 bits per heavy atom. The predicted octanol–water partition coefficient (Wildman–Crippen LogP) is 4.83. The van der Waals surface area contributed by atoms with Gasteiger partial charge in [-0.2, -0.15) is 0 Å². The lowest BCUT2D eigenvalue weighted by Crippen LogP contribution is -2.39. The fourth-order valence-corrected chi connectivity index (χ4v) is 7.34. The minimum Gasteiger partial charge on any atom is -0.468 e. The monoisotopic (exact) mass is 501 g/mol. The minimum absolute atomic E-state index is 0.143. The highest BCUT2D eigenvalue weighted by molar-refractivity contribution is 7.70. The zero-order valence-electron chi connectivity index (χ0n) is 20.7. The summed E-state index contributed by atoms with van der Waals surface area (Å²) >= 11 is 0. The van der Waals surface area contributed by atoms with Crippen LogP contribution in [0.25, 0.3) is 0 Å². The fraction of sp³-hybridized carbons (Fsp3) is 0.267. The zero-order valence-corrected chi connectivity index (χ0v) is 21.6. The number of carbonyl (C=O) groups is 2. The SMILES string of the molecule is COC(=O)C(C(=O)OC)[C@H]1C=C[C@H](N(Cc2ccccc2)P(c2ccccc2)c2ccccc2)CC1. The van der Waals surface area contributed by atoms with Crippen LogP contribution >= 0.6 is 8.07 Å². The van der Waals surface area contributed by atoms with Crippen molar-refractivity contribution in [3.63, 3.8) is 0 Å². The van der Waals surface area contributed by atoms with Crippen LogP contribution in [0.5, 0.6) is 0 Å². The van der Waals surface area contributed by atoms with Gasteiger partial charge >= 0.3 is 11.9 Å². The van der Waals surface area contributed by atoms with E-state index in [4.69, 9.17) is 9.47 Å². The first kappa shape index (κ1) is 25.8. The maximum atomic E-state index is 12.4. The van der Waals surface area contributed by atoms with Crippen LogP contribution in [0, 0.1) is 11.8 Å². The molecule has 0 aliphatic heterocycles. The number of carbonyl (C=O) groups excluding carboxylic acids is 2. The van der Waals surface area contributed by atoms with Gasteiger partial charge in [0.15, 0.2) is 5.92 Å². The van der Waals surface area contributed by atoms with Gasteiger partial charge in [-0.3, -0.25) is 14.3 Å². The van der Waals surface area contributed by atoms with E-state index < -0.39 is 25.9 Å². The molecule has 5 nitrogen and oxygen atoms in total. The van der Waals surface area contributed by atoms with Crippen molar-refractivity contribution in [3.05, 3.63) is 109 Å². The van der Waals surface area contributed by atoms with Gasteiger partial charge < -0.3 is 9.47 Å². The second-order valence-corrected chi connectivity index (χ2v) is 11.0. The van der Waals surface area contributed by atoms with E-state index in [1.807, 2.05) is 12.1 Å². The third-order valence-electron chi connectivity index (χ3n) is 6.54. The van der Waals surface area contributed by atoms with Gasteiger partial charge in [-0.25, -0.2) is 0 Å². The van der Waals surface area contributed by atoms with Crippen molar-refractivity contribution < 1.29 is 19.1 Å². The molecule has 0 radical (unpaired) electrons. The van der Waals surface area contributed by atoms with E-state index in [0.29, 0.717) is 6.42 Å². The van der Waals surface area contributed by atoms with Crippen molar-refractivity contribution in [3.8, 4) is 0 Å². The molecule has 0 saturated heterocycles. The molecule has 0 bridgehead atoms. The van der Waals surface area contributed by atoms with Crippen molar-refractivity contribution in [2.75, 3.05) is 14.2 Å². The van der Waals surface area contributed by atoms with Gasteiger partial charge in [0.25, 0.3) is 0 Å². The third-order valence-corrected chi connectivity index (χ3v) is 9.07. The van der Waals surface area contributed by atoms with Crippen molar-refractivity contribution >= 4 is 30.6 Å². The van der Waals surface area contributed by atoms with E-state index in [1.165, 1.54) is 30.4 Å². The normalized spacial score (nSPS) is 17.4. The first-order chi connectivity index (χ1) is 17.6. The highest BCUT2D eigenvalue weighted by Crippen LogP contribution is 2.44. The van der Waals surface area contributed by atoms with Crippen molar-refractivity contribution in [1.29, 1.82) is 0 Å². The molecule has 0 saturated carbocycles. The number of hydrogen-bond acceptors (Lipinski definition) is 5. The van der Waals surface area contributed by atoms with Crippen LogP contribution in [0.15, 0.2) is 103 Å². The van der Waals surface area contributed by atoms with E-state index in [0.717, 1.165) is 13.0 Å². The van der Waals surface area contributed by atoms with E-state index in [9.17, 15) is 9.59 Å². The Morgan fingerprint density at radius 1 is 0.778 bits per heavy atom. The second-order valence-electron chi connectivity index (χ2n) is 8.78. The largest absolute Gasteiger partial charge is 0.468 e. The molecule has 186 valence electrons. The van der Waals surface area contributed by atoms with Crippen LogP contribution in [-0.2, 0) is 25.6 Å². The Bertz CT molecular complexity index is 1100. The Labute approximate surface area is 214 Å². The molecular weight excluding hydrogens is 469 g/mol. The van der Waals surface area contributed by atoms with E-state index in [1.54, 1.807) is 0 Å². The van der Waals surface area contributed by atoms with Crippen molar-refractivity contribution in [2.24, 2.45) is 11.8 Å². The Balaban J connectivity index is 1.71.